The van der Waals surface area contributed by atoms with E-state index in [1.165, 1.54) is 18.4 Å². The number of nitrogen functional groups attached to an aromatic ring is 1. The third-order valence-corrected chi connectivity index (χ3v) is 2.32. The average molecular weight is 163 g/mol. The summed E-state index contributed by atoms with van der Waals surface area (Å²) in [6.07, 6.45) is 5.95. The van der Waals surface area contributed by atoms with Crippen molar-refractivity contribution >= 4 is 5.69 Å². The fourth-order valence-electron chi connectivity index (χ4n) is 1.68. The van der Waals surface area contributed by atoms with Gasteiger partial charge in [-0.25, -0.2) is 0 Å². The Morgan fingerprint density at radius 1 is 1.58 bits per heavy atom. The van der Waals surface area contributed by atoms with Crippen molar-refractivity contribution in [3.8, 4) is 0 Å². The van der Waals surface area contributed by atoms with Crippen molar-refractivity contribution in [2.24, 2.45) is 0 Å². The highest BCUT2D eigenvalue weighted by Crippen LogP contribution is 2.26. The molecule has 0 aliphatic carbocycles. The van der Waals surface area contributed by atoms with Crippen LogP contribution in [0.4, 0.5) is 5.69 Å². The molecular formula is C9H13N3. The molecule has 0 spiro atoms. The predicted octanol–water partition coefficient (Wildman–Crippen LogP) is 1.09. The molecule has 2 rings (SSSR count). The van der Waals surface area contributed by atoms with Crippen molar-refractivity contribution in [1.29, 1.82) is 0 Å². The second-order valence-electron chi connectivity index (χ2n) is 3.15. The molecule has 1 fully saturated rings. The third kappa shape index (κ3) is 1.28. The molecule has 3 nitrogen and oxygen atoms in total. The van der Waals surface area contributed by atoms with Crippen LogP contribution in [-0.2, 0) is 0 Å². The van der Waals surface area contributed by atoms with E-state index in [0.717, 1.165) is 12.2 Å². The normalized spacial score (nSPS) is 22.8. The molecule has 0 aromatic carbocycles. The van der Waals surface area contributed by atoms with Gasteiger partial charge in [0.15, 0.2) is 0 Å². The van der Waals surface area contributed by atoms with Gasteiger partial charge in [-0.2, -0.15) is 0 Å². The Kier molecular flexibility index (Phi) is 1.96. The van der Waals surface area contributed by atoms with Gasteiger partial charge in [0, 0.05) is 12.2 Å². The zero-order valence-electron chi connectivity index (χ0n) is 6.96. The summed E-state index contributed by atoms with van der Waals surface area (Å²) >= 11 is 0. The Balaban J connectivity index is 2.26. The zero-order valence-corrected chi connectivity index (χ0v) is 6.96. The molecule has 3 N–H and O–H groups in total. The van der Waals surface area contributed by atoms with Crippen LogP contribution in [0.2, 0.25) is 0 Å². The second-order valence-corrected chi connectivity index (χ2v) is 3.15. The van der Waals surface area contributed by atoms with Crippen molar-refractivity contribution in [2.75, 3.05) is 12.3 Å². The molecule has 0 radical (unpaired) electrons. The zero-order chi connectivity index (χ0) is 8.39. The Labute approximate surface area is 72.0 Å². The van der Waals surface area contributed by atoms with Crippen molar-refractivity contribution < 1.29 is 0 Å². The standard InChI is InChI=1S/C9H13N3/c10-8-6-11-5-3-7(8)9-2-1-4-12-9/h3,5-6,9,12H,1-2,4,10H2. The lowest BCUT2D eigenvalue weighted by molar-refractivity contribution is 0.649. The highest BCUT2D eigenvalue weighted by atomic mass is 14.9. The first-order chi connectivity index (χ1) is 5.88. The summed E-state index contributed by atoms with van der Waals surface area (Å²) in [6, 6.07) is 2.45. The first-order valence-electron chi connectivity index (χ1n) is 4.30. The van der Waals surface area contributed by atoms with Gasteiger partial charge in [-0.15, -0.1) is 0 Å². The summed E-state index contributed by atoms with van der Waals surface area (Å²) < 4.78 is 0. The molecule has 1 aliphatic rings. The van der Waals surface area contributed by atoms with Gasteiger partial charge in [-0.05, 0) is 31.0 Å². The van der Waals surface area contributed by atoms with Crippen LogP contribution in [0.25, 0.3) is 0 Å². The van der Waals surface area contributed by atoms with Crippen LogP contribution in [0.3, 0.4) is 0 Å². The van der Waals surface area contributed by atoms with Gasteiger partial charge in [0.25, 0.3) is 0 Å². The van der Waals surface area contributed by atoms with E-state index in [2.05, 4.69) is 10.3 Å². The Bertz CT molecular complexity index is 266. The number of aromatic nitrogens is 1. The monoisotopic (exact) mass is 163 g/mol. The van der Waals surface area contributed by atoms with E-state index in [-0.39, 0.29) is 0 Å². The second kappa shape index (κ2) is 3.11. The quantitative estimate of drug-likeness (QED) is 0.651. The summed E-state index contributed by atoms with van der Waals surface area (Å²) in [5.41, 5.74) is 7.80. The van der Waals surface area contributed by atoms with Gasteiger partial charge < -0.3 is 11.1 Å². The first kappa shape index (κ1) is 7.55. The van der Waals surface area contributed by atoms with Crippen LogP contribution >= 0.6 is 0 Å². The molecule has 0 bridgehead atoms. The lowest BCUT2D eigenvalue weighted by Gasteiger charge is -2.11. The summed E-state index contributed by atoms with van der Waals surface area (Å²) in [7, 11) is 0. The minimum Gasteiger partial charge on any atom is -0.397 e. The smallest absolute Gasteiger partial charge is 0.0549 e. The van der Waals surface area contributed by atoms with Crippen LogP contribution < -0.4 is 11.1 Å². The van der Waals surface area contributed by atoms with Gasteiger partial charge in [-0.3, -0.25) is 4.98 Å². The Morgan fingerprint density at radius 3 is 3.17 bits per heavy atom. The number of nitrogens with two attached hydrogens (primary N) is 1. The highest BCUT2D eigenvalue weighted by Gasteiger charge is 2.17. The Morgan fingerprint density at radius 2 is 2.50 bits per heavy atom. The predicted molar refractivity (Wildman–Crippen MR) is 48.6 cm³/mol. The van der Waals surface area contributed by atoms with E-state index in [9.17, 15) is 0 Å². The van der Waals surface area contributed by atoms with Crippen LogP contribution in [0.1, 0.15) is 24.4 Å². The van der Waals surface area contributed by atoms with E-state index in [4.69, 9.17) is 5.73 Å². The van der Waals surface area contributed by atoms with E-state index >= 15 is 0 Å². The summed E-state index contributed by atoms with van der Waals surface area (Å²) in [5, 5.41) is 3.41. The molecule has 64 valence electrons. The number of nitrogens with one attached hydrogen (secondary N) is 1. The van der Waals surface area contributed by atoms with Crippen molar-refractivity contribution in [1.82, 2.24) is 10.3 Å². The van der Waals surface area contributed by atoms with Crippen molar-refractivity contribution in [3.05, 3.63) is 24.0 Å². The molecular weight excluding hydrogens is 150 g/mol. The summed E-state index contributed by atoms with van der Waals surface area (Å²) in [6.45, 7) is 1.10. The molecule has 1 aromatic rings. The minimum absolute atomic E-state index is 0.452. The van der Waals surface area contributed by atoms with E-state index in [1.54, 1.807) is 12.4 Å². The van der Waals surface area contributed by atoms with Crippen molar-refractivity contribution in [3.63, 3.8) is 0 Å². The fourth-order valence-corrected chi connectivity index (χ4v) is 1.68. The summed E-state index contributed by atoms with van der Waals surface area (Å²) in [4.78, 5) is 3.96. The number of hydrogen-bond acceptors (Lipinski definition) is 3. The molecule has 0 saturated carbocycles. The maximum absolute atomic E-state index is 5.80. The van der Waals surface area contributed by atoms with Gasteiger partial charge in [0.05, 0.1) is 11.9 Å². The van der Waals surface area contributed by atoms with E-state index < -0.39 is 0 Å². The number of hydrogen-bond donors (Lipinski definition) is 2. The average Bonchev–Trinajstić information content (AvgIpc) is 2.57. The van der Waals surface area contributed by atoms with Crippen molar-refractivity contribution in [2.45, 2.75) is 18.9 Å². The van der Waals surface area contributed by atoms with Gasteiger partial charge in [-0.1, -0.05) is 0 Å². The fraction of sp³-hybridized carbons (Fsp3) is 0.444. The molecule has 2 heterocycles. The maximum Gasteiger partial charge on any atom is 0.0549 e. The molecule has 1 unspecified atom stereocenters. The maximum atomic E-state index is 5.80. The van der Waals surface area contributed by atoms with Crippen LogP contribution in [0.5, 0.6) is 0 Å². The van der Waals surface area contributed by atoms with Gasteiger partial charge >= 0.3 is 0 Å². The topological polar surface area (TPSA) is 50.9 Å². The molecule has 3 heteroatoms. The highest BCUT2D eigenvalue weighted by molar-refractivity contribution is 5.45. The molecule has 1 saturated heterocycles. The molecule has 1 aliphatic heterocycles. The lowest BCUT2D eigenvalue weighted by Crippen LogP contribution is -2.14. The third-order valence-electron chi connectivity index (χ3n) is 2.32. The summed E-state index contributed by atoms with van der Waals surface area (Å²) in [5.74, 6) is 0. The SMILES string of the molecule is Nc1cnccc1C1CCCN1. The Hall–Kier alpha value is -1.09. The molecule has 1 atom stereocenters. The van der Waals surface area contributed by atoms with Crippen LogP contribution in [-0.4, -0.2) is 11.5 Å². The van der Waals surface area contributed by atoms with Gasteiger partial charge in [0.1, 0.15) is 0 Å². The number of nitrogens with zero attached hydrogens (tertiary/aromatic N) is 1. The first-order valence-corrected chi connectivity index (χ1v) is 4.30. The number of pyridine rings is 1. The molecule has 1 aromatic heterocycles. The van der Waals surface area contributed by atoms with E-state index in [1.807, 2.05) is 6.07 Å². The minimum atomic E-state index is 0.452. The van der Waals surface area contributed by atoms with Gasteiger partial charge in [0.2, 0.25) is 0 Å². The lowest BCUT2D eigenvalue weighted by atomic mass is 10.1. The number of anilines is 1. The van der Waals surface area contributed by atoms with E-state index in [0.29, 0.717) is 6.04 Å². The largest absolute Gasteiger partial charge is 0.397 e. The number of rotatable bonds is 1. The van der Waals surface area contributed by atoms with Crippen LogP contribution in [0.15, 0.2) is 18.5 Å². The molecule has 0 amide bonds. The van der Waals surface area contributed by atoms with Crippen LogP contribution in [0, 0.1) is 0 Å². The molecule has 12 heavy (non-hydrogen) atoms.